The summed E-state index contributed by atoms with van der Waals surface area (Å²) in [4.78, 5) is 24.8. The van der Waals surface area contributed by atoms with Crippen LogP contribution < -0.4 is 10.9 Å². The number of sulfonamides is 1. The second-order valence-electron chi connectivity index (χ2n) is 6.06. The Balaban J connectivity index is 1.81. The highest BCUT2D eigenvalue weighted by molar-refractivity contribution is 7.89. The van der Waals surface area contributed by atoms with Gasteiger partial charge in [-0.15, -0.1) is 0 Å². The van der Waals surface area contributed by atoms with E-state index in [0.717, 1.165) is 8.99 Å². The van der Waals surface area contributed by atoms with Crippen LogP contribution in [0.25, 0.3) is 10.8 Å². The van der Waals surface area contributed by atoms with Crippen molar-refractivity contribution in [1.82, 2.24) is 14.1 Å². The normalized spacial score (nSPS) is 11.7. The number of benzene rings is 2. The van der Waals surface area contributed by atoms with Crippen LogP contribution in [0, 0.1) is 0 Å². The van der Waals surface area contributed by atoms with Gasteiger partial charge < -0.3 is 5.32 Å². The number of hydrogen-bond donors (Lipinski definition) is 1. The number of amides is 1. The number of fused-ring (bicyclic) bond motifs is 1. The summed E-state index contributed by atoms with van der Waals surface area (Å²) in [5, 5.41) is 7.77. The van der Waals surface area contributed by atoms with Crippen LogP contribution in [-0.4, -0.2) is 42.5 Å². The van der Waals surface area contributed by atoms with Gasteiger partial charge in [0.15, 0.2) is 0 Å². The molecule has 0 spiro atoms. The van der Waals surface area contributed by atoms with Crippen LogP contribution in [0.3, 0.4) is 0 Å². The predicted octanol–water partition coefficient (Wildman–Crippen LogP) is 1.29. The van der Waals surface area contributed by atoms with E-state index >= 15 is 0 Å². The number of carbonyl (C=O) groups is 1. The van der Waals surface area contributed by atoms with E-state index in [0.29, 0.717) is 16.5 Å². The summed E-state index contributed by atoms with van der Waals surface area (Å²) < 4.78 is 26.5. The average molecular weight is 386 g/mol. The van der Waals surface area contributed by atoms with E-state index in [4.69, 9.17) is 0 Å². The molecule has 0 radical (unpaired) electrons. The van der Waals surface area contributed by atoms with Gasteiger partial charge >= 0.3 is 0 Å². The fourth-order valence-electron chi connectivity index (χ4n) is 2.52. The lowest BCUT2D eigenvalue weighted by molar-refractivity contribution is -0.117. The summed E-state index contributed by atoms with van der Waals surface area (Å²) in [6.07, 6.45) is 1.52. The lowest BCUT2D eigenvalue weighted by Gasteiger charge is -2.13. The predicted molar refractivity (Wildman–Crippen MR) is 102 cm³/mol. The zero-order chi connectivity index (χ0) is 19.6. The summed E-state index contributed by atoms with van der Waals surface area (Å²) in [7, 11) is -0.753. The van der Waals surface area contributed by atoms with E-state index in [2.05, 4.69) is 10.4 Å². The number of carbonyl (C=O) groups excluding carboxylic acids is 1. The molecule has 3 aromatic rings. The molecule has 1 N–H and O–H groups in total. The third kappa shape index (κ3) is 3.88. The second kappa shape index (κ2) is 7.29. The Labute approximate surface area is 156 Å². The number of nitrogens with one attached hydrogen (secondary N) is 1. The van der Waals surface area contributed by atoms with Gasteiger partial charge in [-0.2, -0.15) is 5.10 Å². The van der Waals surface area contributed by atoms with E-state index < -0.39 is 15.9 Å². The Kier molecular flexibility index (Phi) is 5.06. The minimum absolute atomic E-state index is 0.0614. The van der Waals surface area contributed by atoms with Gasteiger partial charge in [0.25, 0.3) is 5.56 Å². The van der Waals surface area contributed by atoms with Gasteiger partial charge in [0, 0.05) is 25.2 Å². The Morgan fingerprint density at radius 3 is 2.63 bits per heavy atom. The molecule has 2 aromatic carbocycles. The molecule has 9 heteroatoms. The van der Waals surface area contributed by atoms with Crippen molar-refractivity contribution in [2.75, 3.05) is 19.4 Å². The van der Waals surface area contributed by atoms with Crippen molar-refractivity contribution in [2.45, 2.75) is 11.4 Å². The van der Waals surface area contributed by atoms with Crippen molar-refractivity contribution in [3.05, 3.63) is 65.1 Å². The van der Waals surface area contributed by atoms with E-state index in [9.17, 15) is 18.0 Å². The number of rotatable bonds is 5. The van der Waals surface area contributed by atoms with Crippen molar-refractivity contribution in [2.24, 2.45) is 0 Å². The summed E-state index contributed by atoms with van der Waals surface area (Å²) in [5.41, 5.74) is -0.0519. The summed E-state index contributed by atoms with van der Waals surface area (Å²) in [5.74, 6) is -0.487. The molecule has 0 fully saturated rings. The van der Waals surface area contributed by atoms with E-state index in [-0.39, 0.29) is 17.0 Å². The minimum atomic E-state index is -3.61. The maximum Gasteiger partial charge on any atom is 0.275 e. The topological polar surface area (TPSA) is 101 Å². The maximum atomic E-state index is 12.4. The number of nitrogens with zero attached hydrogens (tertiary/aromatic N) is 3. The number of hydrogen-bond acceptors (Lipinski definition) is 5. The first kappa shape index (κ1) is 18.7. The number of anilines is 1. The quantitative estimate of drug-likeness (QED) is 0.712. The Hall–Kier alpha value is -3.04. The molecule has 140 valence electrons. The van der Waals surface area contributed by atoms with Crippen molar-refractivity contribution >= 4 is 32.4 Å². The summed E-state index contributed by atoms with van der Waals surface area (Å²) in [6, 6.07) is 12.9. The van der Waals surface area contributed by atoms with Gasteiger partial charge in [-0.1, -0.05) is 24.3 Å². The largest absolute Gasteiger partial charge is 0.324 e. The average Bonchev–Trinajstić information content (AvgIpc) is 2.64. The molecule has 0 aliphatic rings. The highest BCUT2D eigenvalue weighted by Gasteiger charge is 2.17. The maximum absolute atomic E-state index is 12.4. The highest BCUT2D eigenvalue weighted by atomic mass is 32.2. The molecule has 0 atom stereocenters. The number of aromatic nitrogens is 2. The van der Waals surface area contributed by atoms with Gasteiger partial charge in [-0.05, 0) is 24.3 Å². The lowest BCUT2D eigenvalue weighted by Crippen LogP contribution is -2.29. The van der Waals surface area contributed by atoms with Gasteiger partial charge in [0.05, 0.1) is 16.5 Å². The van der Waals surface area contributed by atoms with Crippen molar-refractivity contribution in [3.63, 3.8) is 0 Å². The Morgan fingerprint density at radius 2 is 1.89 bits per heavy atom. The van der Waals surface area contributed by atoms with Gasteiger partial charge in [0.2, 0.25) is 15.9 Å². The van der Waals surface area contributed by atoms with Crippen LogP contribution in [0.2, 0.25) is 0 Å². The van der Waals surface area contributed by atoms with E-state index in [1.165, 1.54) is 38.5 Å². The van der Waals surface area contributed by atoms with E-state index in [1.807, 2.05) is 0 Å². The summed E-state index contributed by atoms with van der Waals surface area (Å²) in [6.45, 7) is -0.283. The third-order valence-electron chi connectivity index (χ3n) is 3.95. The minimum Gasteiger partial charge on any atom is -0.324 e. The molecule has 0 aliphatic heterocycles. The van der Waals surface area contributed by atoms with Crippen LogP contribution in [0.15, 0.2) is 64.4 Å². The van der Waals surface area contributed by atoms with Crippen LogP contribution in [0.5, 0.6) is 0 Å². The molecule has 3 rings (SSSR count). The summed E-state index contributed by atoms with van der Waals surface area (Å²) >= 11 is 0. The second-order valence-corrected chi connectivity index (χ2v) is 8.21. The molecular formula is C18H18N4O4S. The Morgan fingerprint density at radius 1 is 1.15 bits per heavy atom. The fourth-order valence-corrected chi connectivity index (χ4v) is 3.47. The van der Waals surface area contributed by atoms with Crippen LogP contribution >= 0.6 is 0 Å². The molecule has 1 aromatic heterocycles. The molecule has 0 bridgehead atoms. The first-order valence-corrected chi connectivity index (χ1v) is 9.50. The van der Waals surface area contributed by atoms with E-state index in [1.54, 1.807) is 30.3 Å². The highest BCUT2D eigenvalue weighted by Crippen LogP contribution is 2.18. The molecule has 27 heavy (non-hydrogen) atoms. The molecule has 0 saturated carbocycles. The van der Waals surface area contributed by atoms with Crippen molar-refractivity contribution < 1.29 is 13.2 Å². The molecular weight excluding hydrogens is 368 g/mol. The smallest absolute Gasteiger partial charge is 0.275 e. The third-order valence-corrected chi connectivity index (χ3v) is 5.76. The molecule has 0 aliphatic carbocycles. The fraction of sp³-hybridized carbons (Fsp3) is 0.167. The zero-order valence-electron chi connectivity index (χ0n) is 14.8. The standard InChI is InChI=1S/C18H18N4O4S/c1-21(2)27(25,26)15-8-5-7-14(10-15)20-17(23)12-22-18(24)16-9-4-3-6-13(16)11-19-22/h3-11H,12H2,1-2H3,(H,20,23). The monoisotopic (exact) mass is 386 g/mol. The van der Waals surface area contributed by atoms with Gasteiger partial charge in [-0.3, -0.25) is 9.59 Å². The molecule has 0 saturated heterocycles. The first-order chi connectivity index (χ1) is 12.8. The zero-order valence-corrected chi connectivity index (χ0v) is 15.6. The molecule has 1 heterocycles. The van der Waals surface area contributed by atoms with Crippen molar-refractivity contribution in [3.8, 4) is 0 Å². The Bertz CT molecular complexity index is 1170. The molecule has 8 nitrogen and oxygen atoms in total. The SMILES string of the molecule is CN(C)S(=O)(=O)c1cccc(NC(=O)Cn2ncc3ccccc3c2=O)c1. The first-order valence-electron chi connectivity index (χ1n) is 8.06. The van der Waals surface area contributed by atoms with Crippen LogP contribution in [-0.2, 0) is 21.4 Å². The van der Waals surface area contributed by atoms with Crippen LogP contribution in [0.1, 0.15) is 0 Å². The van der Waals surface area contributed by atoms with Gasteiger partial charge in [-0.25, -0.2) is 17.4 Å². The van der Waals surface area contributed by atoms with Crippen molar-refractivity contribution in [1.29, 1.82) is 0 Å². The molecule has 1 amide bonds. The van der Waals surface area contributed by atoms with Gasteiger partial charge in [0.1, 0.15) is 6.54 Å². The molecule has 0 unspecified atom stereocenters. The van der Waals surface area contributed by atoms with Crippen LogP contribution in [0.4, 0.5) is 5.69 Å². The lowest BCUT2D eigenvalue weighted by atomic mass is 10.2.